The zero-order valence-electron chi connectivity index (χ0n) is 20.9. The maximum absolute atomic E-state index is 14.0. The number of rotatable bonds is 6. The van der Waals surface area contributed by atoms with Gasteiger partial charge in [-0.15, -0.1) is 0 Å². The zero-order chi connectivity index (χ0) is 27.0. The molecule has 0 amide bonds. The minimum Gasteiger partial charge on any atom is -0.491 e. The monoisotopic (exact) mass is 540 g/mol. The van der Waals surface area contributed by atoms with E-state index in [-0.39, 0.29) is 29.7 Å². The number of nitrogens with zero attached hydrogens (tertiary/aromatic N) is 3. The molecule has 1 aliphatic carbocycles. The molecule has 39 heavy (non-hydrogen) atoms. The lowest BCUT2D eigenvalue weighted by atomic mass is 9.88. The Labute approximate surface area is 222 Å². The normalized spacial score (nSPS) is 20.0. The molecule has 8 nitrogen and oxygen atoms in total. The van der Waals surface area contributed by atoms with Crippen molar-refractivity contribution in [2.24, 2.45) is 5.92 Å². The van der Waals surface area contributed by atoms with Gasteiger partial charge < -0.3 is 24.2 Å². The van der Waals surface area contributed by atoms with Gasteiger partial charge in [-0.3, -0.25) is 0 Å². The van der Waals surface area contributed by atoms with Gasteiger partial charge in [0.15, 0.2) is 0 Å². The van der Waals surface area contributed by atoms with E-state index in [4.69, 9.17) is 13.8 Å². The minimum atomic E-state index is -4.77. The van der Waals surface area contributed by atoms with Gasteiger partial charge in [0.25, 0.3) is 5.89 Å². The minimum absolute atomic E-state index is 0.0502. The molecule has 0 radical (unpaired) electrons. The third-order valence-corrected chi connectivity index (χ3v) is 7.43. The van der Waals surface area contributed by atoms with E-state index >= 15 is 0 Å². The van der Waals surface area contributed by atoms with Crippen LogP contribution in [0.1, 0.15) is 49.3 Å². The number of hydrogen-bond acceptors (Lipinski definition) is 8. The summed E-state index contributed by atoms with van der Waals surface area (Å²) in [6.07, 6.45) is 0.674. The highest BCUT2D eigenvalue weighted by molar-refractivity contribution is 5.71. The summed E-state index contributed by atoms with van der Waals surface area (Å²) >= 11 is 0. The second-order valence-electron chi connectivity index (χ2n) is 10.0. The maximum atomic E-state index is 14.0. The Hall–Kier alpha value is -3.70. The molecule has 204 valence electrons. The van der Waals surface area contributed by atoms with Gasteiger partial charge in [0.05, 0.1) is 6.04 Å². The fourth-order valence-electron chi connectivity index (χ4n) is 5.34. The van der Waals surface area contributed by atoms with Gasteiger partial charge in [-0.25, -0.2) is 0 Å². The van der Waals surface area contributed by atoms with Crippen molar-refractivity contribution in [2.75, 3.05) is 13.2 Å². The number of benzene rings is 2. The fourth-order valence-corrected chi connectivity index (χ4v) is 5.34. The molecule has 0 saturated heterocycles. The third-order valence-electron chi connectivity index (χ3n) is 7.43. The molecule has 0 bridgehead atoms. The second kappa shape index (κ2) is 10.5. The van der Waals surface area contributed by atoms with E-state index in [1.165, 1.54) is 44.2 Å². The van der Waals surface area contributed by atoms with Crippen molar-refractivity contribution < 1.29 is 32.1 Å². The first kappa shape index (κ1) is 25.6. The van der Waals surface area contributed by atoms with Crippen LogP contribution in [0.25, 0.3) is 34.3 Å². The average molecular weight is 541 g/mol. The summed E-state index contributed by atoms with van der Waals surface area (Å²) in [7, 11) is 0. The van der Waals surface area contributed by atoms with E-state index in [0.29, 0.717) is 22.8 Å². The van der Waals surface area contributed by atoms with Crippen molar-refractivity contribution >= 4 is 0 Å². The summed E-state index contributed by atoms with van der Waals surface area (Å²) in [5, 5.41) is 21.9. The summed E-state index contributed by atoms with van der Waals surface area (Å²) in [4.78, 5) is 4.15. The number of ether oxygens (including phenoxy) is 1. The topological polar surface area (TPSA) is 106 Å². The molecule has 4 aromatic rings. The van der Waals surface area contributed by atoms with Crippen molar-refractivity contribution in [1.82, 2.24) is 20.6 Å². The Morgan fingerprint density at radius 1 is 0.949 bits per heavy atom. The van der Waals surface area contributed by atoms with Gasteiger partial charge in [-0.05, 0) is 31.4 Å². The average Bonchev–Trinajstić information content (AvgIpc) is 3.62. The van der Waals surface area contributed by atoms with Crippen LogP contribution >= 0.6 is 0 Å². The molecule has 2 aliphatic rings. The van der Waals surface area contributed by atoms with Gasteiger partial charge in [0.1, 0.15) is 29.7 Å². The molecule has 1 saturated carbocycles. The number of fused-ring (bicyclic) bond motifs is 1. The van der Waals surface area contributed by atoms with E-state index in [9.17, 15) is 18.3 Å². The van der Waals surface area contributed by atoms with Gasteiger partial charge in [0, 0.05) is 16.7 Å². The zero-order valence-corrected chi connectivity index (χ0v) is 20.9. The van der Waals surface area contributed by atoms with Crippen LogP contribution < -0.4 is 10.1 Å². The number of hydrogen-bond donors (Lipinski definition) is 2. The number of halogens is 3. The van der Waals surface area contributed by atoms with E-state index in [1.807, 2.05) is 0 Å². The summed E-state index contributed by atoms with van der Waals surface area (Å²) in [5.74, 6) is 0.0285. The Morgan fingerprint density at radius 3 is 2.51 bits per heavy atom. The van der Waals surface area contributed by atoms with E-state index in [2.05, 4.69) is 20.6 Å². The molecule has 2 atom stereocenters. The highest BCUT2D eigenvalue weighted by Gasteiger charge is 2.43. The Bertz CT molecular complexity index is 1430. The van der Waals surface area contributed by atoms with Crippen molar-refractivity contribution in [3.8, 4) is 40.0 Å². The predicted octanol–water partition coefficient (Wildman–Crippen LogP) is 6.04. The van der Waals surface area contributed by atoms with Crippen molar-refractivity contribution in [1.29, 1.82) is 0 Å². The van der Waals surface area contributed by atoms with Crippen molar-refractivity contribution in [3.05, 3.63) is 59.7 Å². The maximum Gasteiger partial charge on any atom is 0.422 e. The van der Waals surface area contributed by atoms with Gasteiger partial charge in [-0.2, -0.15) is 18.2 Å². The fraction of sp³-hybridized carbons (Fsp3) is 0.393. The van der Waals surface area contributed by atoms with E-state index in [0.717, 1.165) is 6.54 Å². The van der Waals surface area contributed by atoms with Crippen LogP contribution in [0.4, 0.5) is 13.2 Å². The molecule has 6 rings (SSSR count). The second-order valence-corrected chi connectivity index (χ2v) is 10.0. The number of aliphatic hydroxyl groups excluding tert-OH is 1. The molecule has 0 spiro atoms. The van der Waals surface area contributed by atoms with Crippen LogP contribution in [0.2, 0.25) is 0 Å². The summed E-state index contributed by atoms with van der Waals surface area (Å²) in [6, 6.07) is 12.7. The molecule has 3 heterocycles. The van der Waals surface area contributed by atoms with Crippen LogP contribution in [-0.4, -0.2) is 39.6 Å². The Kier molecular flexibility index (Phi) is 6.86. The van der Waals surface area contributed by atoms with Gasteiger partial charge in [-0.1, -0.05) is 72.0 Å². The van der Waals surface area contributed by atoms with Gasteiger partial charge >= 0.3 is 6.18 Å². The predicted molar refractivity (Wildman–Crippen MR) is 134 cm³/mol. The number of alkyl halides is 3. The molecular formula is C28H27F3N4O4. The Morgan fingerprint density at radius 2 is 1.74 bits per heavy atom. The number of nitrogens with one attached hydrogen (secondary N) is 1. The summed E-state index contributed by atoms with van der Waals surface area (Å²) in [6.45, 7) is 1.13. The van der Waals surface area contributed by atoms with Crippen LogP contribution in [0.5, 0.6) is 5.75 Å². The lowest BCUT2D eigenvalue weighted by Crippen LogP contribution is -2.44. The molecule has 2 aromatic heterocycles. The van der Waals surface area contributed by atoms with Crippen LogP contribution in [0.3, 0.4) is 0 Å². The van der Waals surface area contributed by atoms with E-state index in [1.54, 1.807) is 36.4 Å². The molecule has 2 aromatic carbocycles. The quantitative estimate of drug-likeness (QED) is 0.305. The first-order valence-electron chi connectivity index (χ1n) is 13.0. The molecule has 0 unspecified atom stereocenters. The third kappa shape index (κ3) is 5.16. The first-order chi connectivity index (χ1) is 18.9. The summed E-state index contributed by atoms with van der Waals surface area (Å²) < 4.78 is 58.2. The number of aliphatic hydroxyl groups is 1. The highest BCUT2D eigenvalue weighted by Crippen LogP contribution is 2.43. The van der Waals surface area contributed by atoms with E-state index < -0.39 is 29.5 Å². The lowest BCUT2D eigenvalue weighted by molar-refractivity contribution is -0.136. The summed E-state index contributed by atoms with van der Waals surface area (Å²) in [5.41, 5.74) is -0.123. The lowest BCUT2D eigenvalue weighted by Gasteiger charge is -2.33. The SMILES string of the molecule is O[C@H]1c2ccc(-c3noc(-c4onc(-c5ccccc5)c4C(F)(F)F)n3)cc2OC[C@H]1NCC1CCCCC1. The van der Waals surface area contributed by atoms with Gasteiger partial charge in [0.2, 0.25) is 11.6 Å². The molecule has 2 N–H and O–H groups in total. The molecule has 11 heteroatoms. The van der Waals surface area contributed by atoms with Crippen LogP contribution in [-0.2, 0) is 6.18 Å². The molecule has 1 aliphatic heterocycles. The number of aromatic nitrogens is 3. The largest absolute Gasteiger partial charge is 0.491 e. The Balaban J connectivity index is 1.22. The molecule has 1 fully saturated rings. The smallest absolute Gasteiger partial charge is 0.422 e. The molecular weight excluding hydrogens is 513 g/mol. The standard InChI is InChI=1S/C28H27F3N4O4/c29-28(30,31)22-23(17-9-5-2-6-10-17)34-38-25(22)27-33-26(35-39-27)18-11-12-19-21(13-18)37-15-20(24(19)36)32-14-16-7-3-1-4-8-16/h2,5-6,9-13,16,20,24,32,36H,1,3-4,7-8,14-15H2/t20-,24+/m1/s1. The van der Waals surface area contributed by atoms with Crippen LogP contribution in [0, 0.1) is 5.92 Å². The van der Waals surface area contributed by atoms with Crippen LogP contribution in [0.15, 0.2) is 57.6 Å². The first-order valence-corrected chi connectivity index (χ1v) is 13.0. The van der Waals surface area contributed by atoms with Crippen molar-refractivity contribution in [2.45, 2.75) is 50.4 Å². The highest BCUT2D eigenvalue weighted by atomic mass is 19.4. The van der Waals surface area contributed by atoms with Crippen molar-refractivity contribution in [3.63, 3.8) is 0 Å².